The van der Waals surface area contributed by atoms with Gasteiger partial charge in [-0.15, -0.1) is 0 Å². The van der Waals surface area contributed by atoms with Crippen LogP contribution >= 0.6 is 0 Å². The van der Waals surface area contributed by atoms with E-state index in [0.717, 1.165) is 30.4 Å². The molecule has 0 radical (unpaired) electrons. The van der Waals surface area contributed by atoms with E-state index in [2.05, 4.69) is 38.1 Å². The van der Waals surface area contributed by atoms with E-state index in [1.807, 2.05) is 48.5 Å². The molecule has 4 aromatic rings. The number of benzene rings is 4. The van der Waals surface area contributed by atoms with Gasteiger partial charge in [0.05, 0.1) is 0 Å². The third-order valence-electron chi connectivity index (χ3n) is 6.94. The molecule has 0 N–H and O–H groups in total. The summed E-state index contributed by atoms with van der Waals surface area (Å²) in [6.45, 7) is 4.39. The molecule has 0 aliphatic carbocycles. The van der Waals surface area contributed by atoms with E-state index in [1.54, 1.807) is 12.1 Å². The van der Waals surface area contributed by atoms with Crippen molar-refractivity contribution >= 4 is 0 Å². The molecule has 0 bridgehead atoms. The second kappa shape index (κ2) is 12.6. The Morgan fingerprint density at radius 2 is 0.833 bits per heavy atom. The Labute approximate surface area is 215 Å². The van der Waals surface area contributed by atoms with Crippen molar-refractivity contribution in [1.82, 2.24) is 0 Å². The van der Waals surface area contributed by atoms with Crippen molar-refractivity contribution in [3.8, 4) is 33.4 Å². The number of halogens is 2. The summed E-state index contributed by atoms with van der Waals surface area (Å²) in [5, 5.41) is 0. The lowest BCUT2D eigenvalue weighted by Crippen LogP contribution is -1.94. The van der Waals surface area contributed by atoms with Crippen LogP contribution in [0.15, 0.2) is 84.9 Å². The number of hydrogen-bond acceptors (Lipinski definition) is 0. The highest BCUT2D eigenvalue weighted by atomic mass is 19.2. The van der Waals surface area contributed by atoms with Crippen molar-refractivity contribution in [1.29, 1.82) is 0 Å². The van der Waals surface area contributed by atoms with Gasteiger partial charge in [0.25, 0.3) is 0 Å². The molecule has 0 amide bonds. The summed E-state index contributed by atoms with van der Waals surface area (Å²) < 4.78 is 30.3. The van der Waals surface area contributed by atoms with Crippen LogP contribution in [-0.4, -0.2) is 0 Å². The van der Waals surface area contributed by atoms with Gasteiger partial charge in [-0.3, -0.25) is 0 Å². The van der Waals surface area contributed by atoms with E-state index < -0.39 is 11.6 Å². The molecule has 0 saturated heterocycles. The topological polar surface area (TPSA) is 0 Å². The zero-order chi connectivity index (χ0) is 25.3. The van der Waals surface area contributed by atoms with Crippen LogP contribution in [-0.2, 0) is 12.8 Å². The minimum Gasteiger partial charge on any atom is -0.203 e. The average Bonchev–Trinajstić information content (AvgIpc) is 2.91. The monoisotopic (exact) mass is 482 g/mol. The SMILES string of the molecule is CCCCCCCc1ccc(-c2ccc(-c3ccc(-c4ccc(CCC)cc4)cc3)c(F)c2F)cc1. The first-order chi connectivity index (χ1) is 17.6. The van der Waals surface area contributed by atoms with Crippen LogP contribution in [0.25, 0.3) is 33.4 Å². The Balaban J connectivity index is 1.47. The highest BCUT2D eigenvalue weighted by Crippen LogP contribution is 2.33. The quantitative estimate of drug-likeness (QED) is 0.187. The molecule has 0 heterocycles. The van der Waals surface area contributed by atoms with Gasteiger partial charge >= 0.3 is 0 Å². The zero-order valence-electron chi connectivity index (χ0n) is 21.5. The normalized spacial score (nSPS) is 11.1. The lowest BCUT2D eigenvalue weighted by molar-refractivity contribution is 0.514. The molecule has 4 aromatic carbocycles. The Kier molecular flexibility index (Phi) is 9.06. The van der Waals surface area contributed by atoms with Crippen molar-refractivity contribution in [2.24, 2.45) is 0 Å². The van der Waals surface area contributed by atoms with Gasteiger partial charge in [-0.05, 0) is 52.6 Å². The molecule has 0 aliphatic rings. The summed E-state index contributed by atoms with van der Waals surface area (Å²) in [4.78, 5) is 0. The van der Waals surface area contributed by atoms with E-state index in [0.29, 0.717) is 16.7 Å². The minimum atomic E-state index is -0.802. The summed E-state index contributed by atoms with van der Waals surface area (Å²) in [6.07, 6.45) is 9.44. The maximum Gasteiger partial charge on any atom is 0.167 e. The van der Waals surface area contributed by atoms with Gasteiger partial charge in [0.1, 0.15) is 0 Å². The molecule has 0 saturated carbocycles. The molecule has 0 unspecified atom stereocenters. The van der Waals surface area contributed by atoms with Crippen molar-refractivity contribution in [2.75, 3.05) is 0 Å². The molecule has 186 valence electrons. The van der Waals surface area contributed by atoms with Gasteiger partial charge < -0.3 is 0 Å². The van der Waals surface area contributed by atoms with Gasteiger partial charge in [0.2, 0.25) is 0 Å². The Morgan fingerprint density at radius 1 is 0.417 bits per heavy atom. The van der Waals surface area contributed by atoms with Gasteiger partial charge in [-0.1, -0.05) is 131 Å². The van der Waals surface area contributed by atoms with E-state index in [1.165, 1.54) is 43.2 Å². The standard InChI is InChI=1S/C34H36F2/c1-3-5-6-7-8-10-26-13-17-29(18-14-26)31-23-24-32(34(36)33(31)35)30-21-19-28(20-22-30)27-15-11-25(9-4-2)12-16-27/h11-24H,3-10H2,1-2H3. The maximum absolute atomic E-state index is 15.1. The van der Waals surface area contributed by atoms with Gasteiger partial charge in [0.15, 0.2) is 11.6 Å². The summed E-state index contributed by atoms with van der Waals surface area (Å²) in [7, 11) is 0. The number of unbranched alkanes of at least 4 members (excludes halogenated alkanes) is 4. The van der Waals surface area contributed by atoms with Gasteiger partial charge in [0, 0.05) is 11.1 Å². The first kappa shape index (κ1) is 25.8. The lowest BCUT2D eigenvalue weighted by Gasteiger charge is -2.11. The highest BCUT2D eigenvalue weighted by Gasteiger charge is 2.16. The lowest BCUT2D eigenvalue weighted by atomic mass is 9.96. The molecule has 0 aliphatic heterocycles. The molecule has 0 atom stereocenters. The van der Waals surface area contributed by atoms with Crippen molar-refractivity contribution in [3.63, 3.8) is 0 Å². The highest BCUT2D eigenvalue weighted by molar-refractivity contribution is 5.74. The van der Waals surface area contributed by atoms with Gasteiger partial charge in [-0.2, -0.15) is 0 Å². The van der Waals surface area contributed by atoms with E-state index in [9.17, 15) is 0 Å². The molecule has 36 heavy (non-hydrogen) atoms. The number of rotatable bonds is 11. The van der Waals surface area contributed by atoms with Crippen LogP contribution in [0.1, 0.15) is 63.5 Å². The fraction of sp³-hybridized carbons (Fsp3) is 0.294. The summed E-state index contributed by atoms with van der Waals surface area (Å²) >= 11 is 0. The molecule has 0 fully saturated rings. The van der Waals surface area contributed by atoms with Crippen LogP contribution in [0.4, 0.5) is 8.78 Å². The smallest absolute Gasteiger partial charge is 0.167 e. The number of aryl methyl sites for hydroxylation is 2. The van der Waals surface area contributed by atoms with E-state index in [-0.39, 0.29) is 5.56 Å². The molecule has 0 aromatic heterocycles. The first-order valence-electron chi connectivity index (χ1n) is 13.4. The van der Waals surface area contributed by atoms with Crippen LogP contribution in [0.3, 0.4) is 0 Å². The fourth-order valence-corrected chi connectivity index (χ4v) is 4.77. The van der Waals surface area contributed by atoms with E-state index in [4.69, 9.17) is 0 Å². The van der Waals surface area contributed by atoms with Gasteiger partial charge in [-0.25, -0.2) is 8.78 Å². The maximum atomic E-state index is 15.1. The molecular formula is C34H36F2. The molecule has 0 spiro atoms. The second-order valence-electron chi connectivity index (χ2n) is 9.67. The summed E-state index contributed by atoms with van der Waals surface area (Å²) in [6, 6.07) is 27.5. The third-order valence-corrected chi connectivity index (χ3v) is 6.94. The van der Waals surface area contributed by atoms with E-state index >= 15 is 8.78 Å². The molecule has 4 rings (SSSR count). The minimum absolute atomic E-state index is 0.282. The average molecular weight is 483 g/mol. The second-order valence-corrected chi connectivity index (χ2v) is 9.67. The molecular weight excluding hydrogens is 446 g/mol. The van der Waals surface area contributed by atoms with Crippen molar-refractivity contribution < 1.29 is 8.78 Å². The Morgan fingerprint density at radius 3 is 1.33 bits per heavy atom. The van der Waals surface area contributed by atoms with Crippen LogP contribution in [0, 0.1) is 11.6 Å². The molecule has 2 heteroatoms. The Bertz CT molecular complexity index is 1240. The summed E-state index contributed by atoms with van der Waals surface area (Å²) in [5.74, 6) is -1.60. The van der Waals surface area contributed by atoms with Crippen molar-refractivity contribution in [2.45, 2.75) is 65.2 Å². The largest absolute Gasteiger partial charge is 0.203 e. The predicted molar refractivity (Wildman–Crippen MR) is 149 cm³/mol. The van der Waals surface area contributed by atoms with Crippen LogP contribution in [0.5, 0.6) is 0 Å². The van der Waals surface area contributed by atoms with Crippen LogP contribution in [0.2, 0.25) is 0 Å². The summed E-state index contributed by atoms with van der Waals surface area (Å²) in [5.41, 5.74) is 6.70. The third kappa shape index (κ3) is 6.29. The number of hydrogen-bond donors (Lipinski definition) is 0. The predicted octanol–water partition coefficient (Wildman–Crippen LogP) is 10.4. The van der Waals surface area contributed by atoms with Crippen molar-refractivity contribution in [3.05, 3.63) is 108 Å². The fourth-order valence-electron chi connectivity index (χ4n) is 4.77. The first-order valence-corrected chi connectivity index (χ1v) is 13.4. The molecule has 0 nitrogen and oxygen atoms in total. The van der Waals surface area contributed by atoms with Crippen LogP contribution < -0.4 is 0 Å². The Hall–Kier alpha value is -3.26. The zero-order valence-corrected chi connectivity index (χ0v) is 21.5.